The molecule has 1 aliphatic heterocycles. The summed E-state index contributed by atoms with van der Waals surface area (Å²) in [6.07, 6.45) is 2.80. The van der Waals surface area contributed by atoms with Crippen molar-refractivity contribution >= 4 is 41.0 Å². The van der Waals surface area contributed by atoms with E-state index < -0.39 is 0 Å². The number of para-hydroxylation sites is 2. The first kappa shape index (κ1) is 22.9. The fraction of sp³-hybridized carbons (Fsp3) is 0.600. The van der Waals surface area contributed by atoms with Gasteiger partial charge in [0.15, 0.2) is 5.96 Å². The highest BCUT2D eigenvalue weighted by molar-refractivity contribution is 14.0. The minimum Gasteiger partial charge on any atom is -0.381 e. The van der Waals surface area contributed by atoms with Crippen LogP contribution in [0.25, 0.3) is 11.0 Å². The number of methoxy groups -OCH3 is 1. The van der Waals surface area contributed by atoms with Crippen LogP contribution in [0.15, 0.2) is 29.3 Å². The highest BCUT2D eigenvalue weighted by Gasteiger charge is 2.32. The number of halogens is 1. The standard InChI is InChI=1S/C20H31N5O2.HI/c1-16-24-17-7-4-5-8-18(17)25(16)12-6-11-22-19(21-2)23-15-20(26-3)9-13-27-14-10-20;/h4-5,7-8H,6,9-15H2,1-3H3,(H2,21,22,23);1H. The molecule has 1 aliphatic rings. The van der Waals surface area contributed by atoms with E-state index in [0.717, 1.165) is 69.4 Å². The van der Waals surface area contributed by atoms with Gasteiger partial charge in [0.05, 0.1) is 16.6 Å². The summed E-state index contributed by atoms with van der Waals surface area (Å²) in [6, 6.07) is 8.28. The Morgan fingerprint density at radius 3 is 2.75 bits per heavy atom. The fourth-order valence-corrected chi connectivity index (χ4v) is 3.58. The maximum absolute atomic E-state index is 5.77. The Balaban J connectivity index is 0.00000280. The largest absolute Gasteiger partial charge is 0.381 e. The van der Waals surface area contributed by atoms with E-state index in [9.17, 15) is 0 Å². The summed E-state index contributed by atoms with van der Waals surface area (Å²) >= 11 is 0. The van der Waals surface area contributed by atoms with Crippen LogP contribution in [0.2, 0.25) is 0 Å². The lowest BCUT2D eigenvalue weighted by Crippen LogP contribution is -2.50. The predicted octanol–water partition coefficient (Wildman–Crippen LogP) is 2.71. The van der Waals surface area contributed by atoms with Gasteiger partial charge >= 0.3 is 0 Å². The lowest BCUT2D eigenvalue weighted by atomic mass is 9.94. The molecular weight excluding hydrogens is 469 g/mol. The molecule has 1 aromatic carbocycles. The summed E-state index contributed by atoms with van der Waals surface area (Å²) < 4.78 is 13.5. The van der Waals surface area contributed by atoms with Crippen molar-refractivity contribution in [3.05, 3.63) is 30.1 Å². The zero-order chi connectivity index (χ0) is 19.1. The van der Waals surface area contributed by atoms with E-state index in [-0.39, 0.29) is 29.6 Å². The summed E-state index contributed by atoms with van der Waals surface area (Å²) in [5, 5.41) is 6.80. The second-order valence-corrected chi connectivity index (χ2v) is 7.00. The van der Waals surface area contributed by atoms with E-state index in [1.54, 1.807) is 14.2 Å². The van der Waals surface area contributed by atoms with Crippen molar-refractivity contribution in [2.24, 2.45) is 4.99 Å². The van der Waals surface area contributed by atoms with Crippen LogP contribution in [0.5, 0.6) is 0 Å². The van der Waals surface area contributed by atoms with E-state index in [1.807, 2.05) is 6.07 Å². The Morgan fingerprint density at radius 1 is 1.29 bits per heavy atom. The van der Waals surface area contributed by atoms with Gasteiger partial charge in [0.1, 0.15) is 5.82 Å². The highest BCUT2D eigenvalue weighted by atomic mass is 127. The summed E-state index contributed by atoms with van der Waals surface area (Å²) in [6.45, 7) is 6.06. The number of imidazole rings is 1. The topological polar surface area (TPSA) is 72.7 Å². The maximum Gasteiger partial charge on any atom is 0.191 e. The third-order valence-corrected chi connectivity index (χ3v) is 5.34. The quantitative estimate of drug-likeness (QED) is 0.264. The Bertz CT molecular complexity index is 771. The van der Waals surface area contributed by atoms with Crippen LogP contribution < -0.4 is 10.6 Å². The van der Waals surface area contributed by atoms with Gasteiger partial charge in [-0.25, -0.2) is 4.98 Å². The van der Waals surface area contributed by atoms with E-state index in [4.69, 9.17) is 9.47 Å². The summed E-state index contributed by atoms with van der Waals surface area (Å²) in [7, 11) is 3.58. The second-order valence-electron chi connectivity index (χ2n) is 7.00. The number of aliphatic imine (C=N–C) groups is 1. The Morgan fingerprint density at radius 2 is 2.04 bits per heavy atom. The van der Waals surface area contributed by atoms with Crippen LogP contribution >= 0.6 is 24.0 Å². The van der Waals surface area contributed by atoms with Gasteiger partial charge in [-0.1, -0.05) is 12.1 Å². The zero-order valence-electron chi connectivity index (χ0n) is 17.0. The van der Waals surface area contributed by atoms with Gasteiger partial charge in [0, 0.05) is 59.8 Å². The maximum atomic E-state index is 5.77. The Labute approximate surface area is 184 Å². The van der Waals surface area contributed by atoms with Crippen molar-refractivity contribution in [2.45, 2.75) is 38.3 Å². The van der Waals surface area contributed by atoms with Crippen molar-refractivity contribution < 1.29 is 9.47 Å². The molecule has 8 heteroatoms. The average Bonchev–Trinajstić information content (AvgIpc) is 3.03. The summed E-state index contributed by atoms with van der Waals surface area (Å²) in [5.41, 5.74) is 2.09. The molecule has 0 unspecified atom stereocenters. The molecule has 0 atom stereocenters. The number of guanidine groups is 1. The Kier molecular flexibility index (Phi) is 8.97. The number of hydrogen-bond donors (Lipinski definition) is 2. The van der Waals surface area contributed by atoms with Crippen LogP contribution in [-0.2, 0) is 16.0 Å². The van der Waals surface area contributed by atoms with Gasteiger partial charge in [-0.05, 0) is 25.5 Å². The molecular formula is C20H32IN5O2. The number of hydrogen-bond acceptors (Lipinski definition) is 4. The molecule has 28 heavy (non-hydrogen) atoms. The first-order valence-corrected chi connectivity index (χ1v) is 9.67. The minimum atomic E-state index is -0.164. The number of nitrogens with zero attached hydrogens (tertiary/aromatic N) is 3. The van der Waals surface area contributed by atoms with Crippen LogP contribution in [0, 0.1) is 6.92 Å². The van der Waals surface area contributed by atoms with E-state index in [1.165, 1.54) is 5.52 Å². The van der Waals surface area contributed by atoms with Crippen LogP contribution in [0.1, 0.15) is 25.1 Å². The normalized spacial score (nSPS) is 16.6. The summed E-state index contributed by atoms with van der Waals surface area (Å²) in [4.78, 5) is 8.95. The number of aromatic nitrogens is 2. The number of ether oxygens (including phenoxy) is 2. The molecule has 3 rings (SSSR count). The first-order valence-electron chi connectivity index (χ1n) is 9.67. The van der Waals surface area contributed by atoms with Crippen molar-refractivity contribution in [1.82, 2.24) is 20.2 Å². The first-order chi connectivity index (χ1) is 13.2. The molecule has 0 spiro atoms. The number of aryl methyl sites for hydroxylation is 2. The average molecular weight is 501 g/mol. The third-order valence-electron chi connectivity index (χ3n) is 5.34. The zero-order valence-corrected chi connectivity index (χ0v) is 19.4. The van der Waals surface area contributed by atoms with Gasteiger partial charge in [-0.3, -0.25) is 4.99 Å². The summed E-state index contributed by atoms with van der Waals surface area (Å²) in [5.74, 6) is 1.87. The molecule has 0 bridgehead atoms. The van der Waals surface area contributed by atoms with Crippen LogP contribution in [-0.4, -0.2) is 61.6 Å². The molecule has 2 heterocycles. The SMILES string of the molecule is CN=C(NCCCn1c(C)nc2ccccc21)NCC1(OC)CCOCC1.I. The fourth-order valence-electron chi connectivity index (χ4n) is 3.58. The molecule has 156 valence electrons. The smallest absolute Gasteiger partial charge is 0.191 e. The number of benzene rings is 1. The van der Waals surface area contributed by atoms with Crippen molar-refractivity contribution in [1.29, 1.82) is 0 Å². The molecule has 1 saturated heterocycles. The van der Waals surface area contributed by atoms with Crippen molar-refractivity contribution in [3.63, 3.8) is 0 Å². The lowest BCUT2D eigenvalue weighted by Gasteiger charge is -2.36. The monoisotopic (exact) mass is 501 g/mol. The molecule has 0 aliphatic carbocycles. The number of rotatable bonds is 7. The molecule has 2 N–H and O–H groups in total. The molecule has 2 aromatic rings. The van der Waals surface area contributed by atoms with Gasteiger partial charge in [-0.15, -0.1) is 24.0 Å². The number of nitrogens with one attached hydrogen (secondary N) is 2. The van der Waals surface area contributed by atoms with Gasteiger partial charge in [0.2, 0.25) is 0 Å². The molecule has 0 saturated carbocycles. The number of fused-ring (bicyclic) bond motifs is 1. The third kappa shape index (κ3) is 5.57. The van der Waals surface area contributed by atoms with E-state index >= 15 is 0 Å². The molecule has 1 aromatic heterocycles. The van der Waals surface area contributed by atoms with Crippen LogP contribution in [0.4, 0.5) is 0 Å². The predicted molar refractivity (Wildman–Crippen MR) is 124 cm³/mol. The lowest BCUT2D eigenvalue weighted by molar-refractivity contribution is -0.0855. The van der Waals surface area contributed by atoms with Gasteiger partial charge < -0.3 is 24.7 Å². The molecule has 0 radical (unpaired) electrons. The van der Waals surface area contributed by atoms with Gasteiger partial charge in [-0.2, -0.15) is 0 Å². The highest BCUT2D eigenvalue weighted by Crippen LogP contribution is 2.23. The van der Waals surface area contributed by atoms with Gasteiger partial charge in [0.25, 0.3) is 0 Å². The second kappa shape index (κ2) is 11.0. The molecule has 7 nitrogen and oxygen atoms in total. The Hall–Kier alpha value is -1.39. The minimum absolute atomic E-state index is 0. The van der Waals surface area contributed by atoms with Crippen molar-refractivity contribution in [3.8, 4) is 0 Å². The molecule has 1 fully saturated rings. The van der Waals surface area contributed by atoms with Crippen molar-refractivity contribution in [2.75, 3.05) is 40.5 Å². The molecule has 0 amide bonds. The van der Waals surface area contributed by atoms with Crippen LogP contribution in [0.3, 0.4) is 0 Å². The van der Waals surface area contributed by atoms with E-state index in [2.05, 4.69) is 50.3 Å². The van der Waals surface area contributed by atoms with E-state index in [0.29, 0.717) is 0 Å².